The largest absolute Gasteiger partial charge is 0.397 e. The molecule has 1 aliphatic carbocycles. The summed E-state index contributed by atoms with van der Waals surface area (Å²) >= 11 is 11.9. The number of Topliss-reactive ketones (excluding diaryl/α,β-unsaturated/α-hetero) is 1. The van der Waals surface area contributed by atoms with E-state index in [1.54, 1.807) is 30.3 Å². The van der Waals surface area contributed by atoms with E-state index in [1.807, 2.05) is 30.3 Å². The van der Waals surface area contributed by atoms with Crippen LogP contribution in [-0.2, 0) is 23.2 Å². The second kappa shape index (κ2) is 11.9. The molecule has 0 bridgehead atoms. The van der Waals surface area contributed by atoms with Crippen LogP contribution in [0, 0.1) is 11.6 Å². The van der Waals surface area contributed by atoms with Crippen LogP contribution in [0.15, 0.2) is 66.7 Å². The molecule has 0 radical (unpaired) electrons. The molecule has 43 heavy (non-hydrogen) atoms. The molecule has 3 aromatic heterocycles. The zero-order valence-corrected chi connectivity index (χ0v) is 25.7. The highest BCUT2D eigenvalue weighted by Crippen LogP contribution is 2.42. The van der Waals surface area contributed by atoms with E-state index in [0.717, 1.165) is 40.0 Å². The number of carbonyl (C=O) groups excluding carboxylic acids is 1. The molecule has 5 aromatic rings. The number of anilines is 1. The van der Waals surface area contributed by atoms with Crippen molar-refractivity contribution in [1.82, 2.24) is 14.5 Å². The Kier molecular flexibility index (Phi) is 8.41. The van der Waals surface area contributed by atoms with E-state index in [9.17, 15) is 13.6 Å². The molecule has 9 heteroatoms. The van der Waals surface area contributed by atoms with Crippen molar-refractivity contribution >= 4 is 57.2 Å². The number of nitrogens with zero attached hydrogens (tertiary/aromatic N) is 3. The fourth-order valence-electron chi connectivity index (χ4n) is 5.58. The van der Waals surface area contributed by atoms with Crippen LogP contribution in [0.2, 0.25) is 10.3 Å². The summed E-state index contributed by atoms with van der Waals surface area (Å²) in [6.45, 7) is 7.39. The first-order valence-electron chi connectivity index (χ1n) is 13.7. The number of aromatic nitrogens is 3. The number of carbonyl (C=O) groups is 1. The molecule has 7 rings (SSSR count). The number of pyridine rings is 2. The zero-order chi connectivity index (χ0) is 31.1. The number of benzene rings is 2. The third-order valence-electron chi connectivity index (χ3n) is 7.25. The molecule has 0 spiro atoms. The van der Waals surface area contributed by atoms with Gasteiger partial charge in [0, 0.05) is 22.9 Å². The summed E-state index contributed by atoms with van der Waals surface area (Å²) in [7, 11) is 0. The van der Waals surface area contributed by atoms with E-state index >= 15 is 0 Å². The van der Waals surface area contributed by atoms with Gasteiger partial charge in [-0.1, -0.05) is 47.5 Å². The fourth-order valence-corrected chi connectivity index (χ4v) is 5.87. The molecular formula is C34H30Cl2F2N4O. The molecule has 2 aromatic carbocycles. The van der Waals surface area contributed by atoms with Gasteiger partial charge in [-0.05, 0) is 99.4 Å². The van der Waals surface area contributed by atoms with Crippen LogP contribution in [0.3, 0.4) is 0 Å². The second-order valence-electron chi connectivity index (χ2n) is 11.3. The van der Waals surface area contributed by atoms with Crippen molar-refractivity contribution in [1.29, 1.82) is 0 Å². The molecule has 0 atom stereocenters. The topological polar surface area (TPSA) is 73.8 Å². The summed E-state index contributed by atoms with van der Waals surface area (Å²) in [6, 6.07) is 19.3. The lowest BCUT2D eigenvalue weighted by molar-refractivity contribution is -0.115. The van der Waals surface area contributed by atoms with Gasteiger partial charge < -0.3 is 15.1 Å². The van der Waals surface area contributed by atoms with Crippen molar-refractivity contribution in [2.75, 3.05) is 5.73 Å². The van der Waals surface area contributed by atoms with Crippen molar-refractivity contribution in [2.45, 2.75) is 46.1 Å². The molecule has 220 valence electrons. The van der Waals surface area contributed by atoms with Gasteiger partial charge in [0.05, 0.1) is 28.3 Å². The van der Waals surface area contributed by atoms with Gasteiger partial charge in [0.15, 0.2) is 0 Å². The Hall–Kier alpha value is -4.07. The van der Waals surface area contributed by atoms with E-state index < -0.39 is 0 Å². The van der Waals surface area contributed by atoms with Crippen molar-refractivity contribution < 1.29 is 13.6 Å². The van der Waals surface area contributed by atoms with Gasteiger partial charge in [0.2, 0.25) is 0 Å². The first-order chi connectivity index (χ1) is 20.4. The van der Waals surface area contributed by atoms with Crippen LogP contribution in [0.1, 0.15) is 50.1 Å². The number of nitrogens with two attached hydrogens (primary N) is 1. The molecule has 1 aliphatic heterocycles. The van der Waals surface area contributed by atoms with Gasteiger partial charge in [-0.15, -0.1) is 0 Å². The van der Waals surface area contributed by atoms with Gasteiger partial charge in [-0.2, -0.15) is 0 Å². The number of fused-ring (bicyclic) bond motifs is 6. The van der Waals surface area contributed by atoms with Crippen molar-refractivity contribution in [3.8, 4) is 11.4 Å². The van der Waals surface area contributed by atoms with Gasteiger partial charge in [-0.3, -0.25) is 0 Å². The Morgan fingerprint density at radius 2 is 1.51 bits per heavy atom. The standard InChI is InChI=1S/C17H14ClFN2.C14H10ClFN2.C3H6O/c1-17(2)9-10-6-7-15(18)20-16(10)14-8-11-12(19)4-3-5-13(11)21(14)17;15-13-5-4-12(17)14(18-13)9-6-8-2-1-3-11(16)10(8)7-9;1-3(2)4/h3-8H,9H2,1-2H3;1-5,7H,6,17H2;1-2H3. The van der Waals surface area contributed by atoms with Crippen molar-refractivity contribution in [3.63, 3.8) is 0 Å². The molecule has 0 unspecified atom stereocenters. The van der Waals surface area contributed by atoms with Gasteiger partial charge in [0.1, 0.15) is 27.7 Å². The smallest absolute Gasteiger partial charge is 0.132 e. The van der Waals surface area contributed by atoms with Crippen LogP contribution >= 0.6 is 23.2 Å². The Balaban J connectivity index is 0.000000154. The maximum atomic E-state index is 14.1. The number of hydrogen-bond acceptors (Lipinski definition) is 4. The van der Waals surface area contributed by atoms with Crippen LogP contribution in [0.4, 0.5) is 14.5 Å². The number of ketones is 1. The van der Waals surface area contributed by atoms with E-state index in [0.29, 0.717) is 39.1 Å². The van der Waals surface area contributed by atoms with Gasteiger partial charge in [0.25, 0.3) is 0 Å². The highest BCUT2D eigenvalue weighted by molar-refractivity contribution is 6.29. The summed E-state index contributed by atoms with van der Waals surface area (Å²) < 4.78 is 29.9. The van der Waals surface area contributed by atoms with Crippen molar-refractivity contribution in [3.05, 3.63) is 111 Å². The second-order valence-corrected chi connectivity index (χ2v) is 12.1. The van der Waals surface area contributed by atoms with E-state index in [1.165, 1.54) is 26.0 Å². The lowest BCUT2D eigenvalue weighted by Gasteiger charge is -2.35. The highest BCUT2D eigenvalue weighted by atomic mass is 35.5. The quantitative estimate of drug-likeness (QED) is 0.190. The Morgan fingerprint density at radius 3 is 2.21 bits per heavy atom. The molecule has 2 aliphatic rings. The highest BCUT2D eigenvalue weighted by Gasteiger charge is 2.33. The van der Waals surface area contributed by atoms with Crippen molar-refractivity contribution in [2.24, 2.45) is 0 Å². The SMILES string of the molecule is CC(C)=O.CC1(C)Cc2ccc(Cl)nc2-c2cc3c(F)cccc3n21.Nc1ccc(Cl)nc1C1=Cc2c(F)cccc2C1. The minimum Gasteiger partial charge on any atom is -0.397 e. The molecule has 5 nitrogen and oxygen atoms in total. The van der Waals surface area contributed by atoms with Crippen LogP contribution in [0.25, 0.3) is 33.9 Å². The maximum absolute atomic E-state index is 14.1. The summed E-state index contributed by atoms with van der Waals surface area (Å²) in [5.41, 5.74) is 13.3. The van der Waals surface area contributed by atoms with Crippen LogP contribution in [0.5, 0.6) is 0 Å². The van der Waals surface area contributed by atoms with Gasteiger partial charge in [-0.25, -0.2) is 18.7 Å². The number of halogens is 4. The maximum Gasteiger partial charge on any atom is 0.132 e. The molecule has 4 heterocycles. The fraction of sp³-hybridized carbons (Fsp3) is 0.206. The third kappa shape index (κ3) is 6.19. The summed E-state index contributed by atoms with van der Waals surface area (Å²) in [6.07, 6.45) is 3.27. The Labute approximate surface area is 259 Å². The molecule has 0 saturated carbocycles. The average Bonchev–Trinajstić information content (AvgIpc) is 3.55. The lowest BCUT2D eigenvalue weighted by Crippen LogP contribution is -2.33. The monoisotopic (exact) mass is 618 g/mol. The lowest BCUT2D eigenvalue weighted by atomic mass is 9.89. The van der Waals surface area contributed by atoms with E-state index in [4.69, 9.17) is 28.9 Å². The molecule has 0 amide bonds. The van der Waals surface area contributed by atoms with E-state index in [-0.39, 0.29) is 23.0 Å². The first-order valence-corrected chi connectivity index (χ1v) is 14.4. The summed E-state index contributed by atoms with van der Waals surface area (Å²) in [4.78, 5) is 18.1. The van der Waals surface area contributed by atoms with E-state index in [2.05, 4.69) is 28.4 Å². The minimum absolute atomic E-state index is 0.132. The first kappa shape index (κ1) is 30.4. The predicted molar refractivity (Wildman–Crippen MR) is 171 cm³/mol. The van der Waals surface area contributed by atoms with Crippen LogP contribution in [-0.4, -0.2) is 20.3 Å². The number of allylic oxidation sites excluding steroid dienone is 1. The Bertz CT molecular complexity index is 1910. The summed E-state index contributed by atoms with van der Waals surface area (Å²) in [5.74, 6) is -0.253. The molecule has 2 N–H and O–H groups in total. The normalized spacial score (nSPS) is 13.9. The number of nitrogen functional groups attached to an aromatic ring is 1. The molecular weight excluding hydrogens is 589 g/mol. The van der Waals surface area contributed by atoms with Gasteiger partial charge >= 0.3 is 0 Å². The number of rotatable bonds is 1. The zero-order valence-electron chi connectivity index (χ0n) is 24.2. The Morgan fingerprint density at radius 1 is 0.884 bits per heavy atom. The molecule has 0 fully saturated rings. The number of hydrogen-bond donors (Lipinski definition) is 1. The third-order valence-corrected chi connectivity index (χ3v) is 7.67. The minimum atomic E-state index is -0.219. The average molecular weight is 620 g/mol. The summed E-state index contributed by atoms with van der Waals surface area (Å²) in [5, 5.41) is 1.48. The van der Waals surface area contributed by atoms with Crippen LogP contribution < -0.4 is 5.73 Å². The predicted octanol–water partition coefficient (Wildman–Crippen LogP) is 8.94. The molecule has 0 saturated heterocycles.